The fourth-order valence-corrected chi connectivity index (χ4v) is 2.83. The number of amides is 1. The molecule has 0 unspecified atom stereocenters. The van der Waals surface area contributed by atoms with Gasteiger partial charge in [-0.3, -0.25) is 4.79 Å². The van der Waals surface area contributed by atoms with E-state index in [1.54, 1.807) is 10.9 Å². The monoisotopic (exact) mass is 284 g/mol. The molecule has 0 radical (unpaired) electrons. The van der Waals surface area contributed by atoms with Crippen molar-refractivity contribution < 1.29 is 4.79 Å². The third-order valence-electron chi connectivity index (χ3n) is 4.01. The van der Waals surface area contributed by atoms with Crippen LogP contribution in [0.2, 0.25) is 0 Å². The lowest BCUT2D eigenvalue weighted by Crippen LogP contribution is -2.44. The van der Waals surface area contributed by atoms with Gasteiger partial charge in [0.2, 0.25) is 0 Å². The lowest BCUT2D eigenvalue weighted by atomic mass is 9.77. The van der Waals surface area contributed by atoms with E-state index in [-0.39, 0.29) is 5.91 Å². The second kappa shape index (κ2) is 6.08. The molecule has 0 spiro atoms. The topological polar surface area (TPSA) is 59.8 Å². The Kier molecular flexibility index (Phi) is 3.99. The first kappa shape index (κ1) is 13.8. The highest BCUT2D eigenvalue weighted by Crippen LogP contribution is 2.31. The summed E-state index contributed by atoms with van der Waals surface area (Å²) >= 11 is 0. The molecule has 1 N–H and O–H groups in total. The highest BCUT2D eigenvalue weighted by atomic mass is 16.2. The summed E-state index contributed by atoms with van der Waals surface area (Å²) in [6.07, 6.45) is 6.33. The quantitative estimate of drug-likeness (QED) is 0.918. The molecule has 1 aromatic heterocycles. The number of rotatable bonds is 5. The van der Waals surface area contributed by atoms with Crippen LogP contribution >= 0.6 is 0 Å². The summed E-state index contributed by atoms with van der Waals surface area (Å²) in [6.45, 7) is 2.20. The van der Waals surface area contributed by atoms with E-state index in [0.29, 0.717) is 11.7 Å². The van der Waals surface area contributed by atoms with E-state index in [1.807, 2.05) is 30.3 Å². The average molecular weight is 284 g/mol. The second-order valence-corrected chi connectivity index (χ2v) is 5.68. The molecule has 21 heavy (non-hydrogen) atoms. The van der Waals surface area contributed by atoms with Gasteiger partial charge in [-0.25, -0.2) is 4.68 Å². The summed E-state index contributed by atoms with van der Waals surface area (Å²) in [4.78, 5) is 12.1. The van der Waals surface area contributed by atoms with Crippen LogP contribution in [-0.4, -0.2) is 26.9 Å². The minimum absolute atomic E-state index is 0.128. The molecule has 1 saturated carbocycles. The van der Waals surface area contributed by atoms with Gasteiger partial charge in [0, 0.05) is 6.04 Å². The molecule has 1 fully saturated rings. The summed E-state index contributed by atoms with van der Waals surface area (Å²) in [5, 5.41) is 11.0. The number of carbonyl (C=O) groups excluding carboxylic acids is 1. The van der Waals surface area contributed by atoms with Crippen LogP contribution in [0.5, 0.6) is 0 Å². The second-order valence-electron chi connectivity index (χ2n) is 5.68. The Balaban J connectivity index is 1.58. The Morgan fingerprint density at radius 3 is 2.81 bits per heavy atom. The maximum absolute atomic E-state index is 12.1. The normalized spacial score (nSPS) is 20.8. The third-order valence-corrected chi connectivity index (χ3v) is 4.01. The molecule has 5 nitrogen and oxygen atoms in total. The number of hydrogen-bond acceptors (Lipinski definition) is 3. The van der Waals surface area contributed by atoms with E-state index in [4.69, 9.17) is 0 Å². The number of carbonyl (C=O) groups is 1. The van der Waals surface area contributed by atoms with Crippen LogP contribution in [0.3, 0.4) is 0 Å². The van der Waals surface area contributed by atoms with Crippen molar-refractivity contribution in [2.24, 2.45) is 5.92 Å². The van der Waals surface area contributed by atoms with E-state index >= 15 is 0 Å². The van der Waals surface area contributed by atoms with E-state index < -0.39 is 0 Å². The van der Waals surface area contributed by atoms with Crippen LogP contribution < -0.4 is 5.32 Å². The first-order valence-electron chi connectivity index (χ1n) is 7.55. The van der Waals surface area contributed by atoms with Crippen LogP contribution in [0.15, 0.2) is 36.5 Å². The number of aromatic nitrogens is 3. The van der Waals surface area contributed by atoms with Crippen molar-refractivity contribution >= 4 is 5.91 Å². The molecule has 2 aromatic rings. The fourth-order valence-electron chi connectivity index (χ4n) is 2.83. The standard InChI is InChI=1S/C16H20N4O/c1-2-6-12-9-13(10-12)17-16(21)15-11-20(19-18-15)14-7-4-3-5-8-14/h3-5,7-8,11-13H,2,6,9-10H2,1H3,(H,17,21). The predicted molar refractivity (Wildman–Crippen MR) is 80.2 cm³/mol. The molecule has 0 atom stereocenters. The summed E-state index contributed by atoms with van der Waals surface area (Å²) in [5.41, 5.74) is 1.27. The Labute approximate surface area is 124 Å². The summed E-state index contributed by atoms with van der Waals surface area (Å²) in [5.74, 6) is 0.650. The van der Waals surface area contributed by atoms with Crippen LogP contribution in [0, 0.1) is 5.92 Å². The zero-order chi connectivity index (χ0) is 14.7. The number of para-hydroxylation sites is 1. The van der Waals surface area contributed by atoms with Gasteiger partial charge in [-0.1, -0.05) is 43.2 Å². The lowest BCUT2D eigenvalue weighted by Gasteiger charge is -2.35. The summed E-state index contributed by atoms with van der Waals surface area (Å²) < 4.78 is 1.62. The van der Waals surface area contributed by atoms with Crippen LogP contribution in [-0.2, 0) is 0 Å². The average Bonchev–Trinajstić information content (AvgIpc) is 2.96. The maximum atomic E-state index is 12.1. The van der Waals surface area contributed by atoms with Crippen molar-refractivity contribution in [1.29, 1.82) is 0 Å². The summed E-state index contributed by atoms with van der Waals surface area (Å²) in [6, 6.07) is 9.96. The van der Waals surface area contributed by atoms with Gasteiger partial charge in [0.25, 0.3) is 5.91 Å². The van der Waals surface area contributed by atoms with Gasteiger partial charge in [0.05, 0.1) is 11.9 Å². The minimum Gasteiger partial charge on any atom is -0.348 e. The Morgan fingerprint density at radius 2 is 2.10 bits per heavy atom. The molecule has 0 bridgehead atoms. The van der Waals surface area contributed by atoms with Crippen molar-refractivity contribution in [3.05, 3.63) is 42.2 Å². The molecule has 1 heterocycles. The molecule has 1 aliphatic rings. The van der Waals surface area contributed by atoms with Gasteiger partial charge in [0.1, 0.15) is 0 Å². The zero-order valence-corrected chi connectivity index (χ0v) is 12.2. The molecular formula is C16H20N4O. The molecule has 0 saturated heterocycles. The fraction of sp³-hybridized carbons (Fsp3) is 0.438. The number of nitrogens with one attached hydrogen (secondary N) is 1. The Morgan fingerprint density at radius 1 is 1.33 bits per heavy atom. The van der Waals surface area contributed by atoms with E-state index in [0.717, 1.165) is 24.4 Å². The molecule has 1 aliphatic carbocycles. The maximum Gasteiger partial charge on any atom is 0.273 e. The van der Waals surface area contributed by atoms with Gasteiger partial charge >= 0.3 is 0 Å². The smallest absolute Gasteiger partial charge is 0.273 e. The van der Waals surface area contributed by atoms with Crippen LogP contribution in [0.1, 0.15) is 43.1 Å². The molecular weight excluding hydrogens is 264 g/mol. The van der Waals surface area contributed by atoms with Crippen molar-refractivity contribution in [3.8, 4) is 5.69 Å². The van der Waals surface area contributed by atoms with Crippen LogP contribution in [0.25, 0.3) is 5.69 Å². The predicted octanol–water partition coefficient (Wildman–Crippen LogP) is 2.58. The van der Waals surface area contributed by atoms with Gasteiger partial charge in [-0.2, -0.15) is 0 Å². The zero-order valence-electron chi connectivity index (χ0n) is 12.2. The van der Waals surface area contributed by atoms with Crippen molar-refractivity contribution in [2.45, 2.75) is 38.6 Å². The van der Waals surface area contributed by atoms with Gasteiger partial charge in [0.15, 0.2) is 5.69 Å². The van der Waals surface area contributed by atoms with Gasteiger partial charge in [-0.15, -0.1) is 5.10 Å². The first-order chi connectivity index (χ1) is 10.3. The number of nitrogens with zero attached hydrogens (tertiary/aromatic N) is 3. The summed E-state index contributed by atoms with van der Waals surface area (Å²) in [7, 11) is 0. The number of hydrogen-bond donors (Lipinski definition) is 1. The third kappa shape index (κ3) is 3.12. The van der Waals surface area contributed by atoms with Crippen molar-refractivity contribution in [3.63, 3.8) is 0 Å². The van der Waals surface area contributed by atoms with Gasteiger partial charge in [-0.05, 0) is 30.9 Å². The van der Waals surface area contributed by atoms with Crippen LogP contribution in [0.4, 0.5) is 0 Å². The van der Waals surface area contributed by atoms with Crippen molar-refractivity contribution in [1.82, 2.24) is 20.3 Å². The van der Waals surface area contributed by atoms with E-state index in [2.05, 4.69) is 22.6 Å². The molecule has 0 aliphatic heterocycles. The molecule has 1 aromatic carbocycles. The lowest BCUT2D eigenvalue weighted by molar-refractivity contribution is 0.0880. The molecule has 110 valence electrons. The van der Waals surface area contributed by atoms with Crippen molar-refractivity contribution in [2.75, 3.05) is 0 Å². The molecule has 3 rings (SSSR count). The minimum atomic E-state index is -0.128. The molecule has 5 heteroatoms. The first-order valence-corrected chi connectivity index (χ1v) is 7.55. The Bertz CT molecular complexity index is 602. The highest BCUT2D eigenvalue weighted by molar-refractivity contribution is 5.92. The van der Waals surface area contributed by atoms with E-state index in [1.165, 1.54) is 12.8 Å². The highest BCUT2D eigenvalue weighted by Gasteiger charge is 2.30. The Hall–Kier alpha value is -2.17. The SMILES string of the molecule is CCCC1CC(NC(=O)c2cn(-c3ccccc3)nn2)C1. The molecule has 1 amide bonds. The largest absolute Gasteiger partial charge is 0.348 e. The number of benzene rings is 1. The van der Waals surface area contributed by atoms with E-state index in [9.17, 15) is 4.79 Å². The van der Waals surface area contributed by atoms with Gasteiger partial charge < -0.3 is 5.32 Å².